The van der Waals surface area contributed by atoms with Gasteiger partial charge in [0.25, 0.3) is 0 Å². The molecule has 2 aromatic heterocycles. The fraction of sp³-hybridized carbons (Fsp3) is 0.0588. The van der Waals surface area contributed by atoms with E-state index in [1.165, 1.54) is 6.08 Å². The van der Waals surface area contributed by atoms with Crippen molar-refractivity contribution in [1.82, 2.24) is 19.7 Å². The van der Waals surface area contributed by atoms with Gasteiger partial charge in [0.1, 0.15) is 0 Å². The van der Waals surface area contributed by atoms with Crippen molar-refractivity contribution in [1.29, 1.82) is 0 Å². The number of nitrogens with zero attached hydrogens (tertiary/aromatic N) is 4. The number of aromatic nitrogens is 4. The molecule has 0 spiro atoms. The number of nitrogens with one attached hydrogen (secondary N) is 1. The van der Waals surface area contributed by atoms with Crippen LogP contribution in [0.25, 0.3) is 6.08 Å². The lowest BCUT2D eigenvalue weighted by Crippen LogP contribution is -2.11. The van der Waals surface area contributed by atoms with Crippen LogP contribution in [0, 0.1) is 0 Å². The zero-order valence-electron chi connectivity index (χ0n) is 12.3. The van der Waals surface area contributed by atoms with Crippen molar-refractivity contribution in [3.63, 3.8) is 0 Å². The number of para-hydroxylation sites is 1. The molecule has 0 aliphatic rings. The van der Waals surface area contributed by atoms with E-state index in [1.54, 1.807) is 35.5 Å². The lowest BCUT2D eigenvalue weighted by Gasteiger charge is -2.10. The molecule has 0 radical (unpaired) electrons. The standard InChI is InChI=1S/C17H15N5O/c23-17(7-6-15-12-18-9-10-19-15)21-16-5-2-1-4-14(16)13-22-11-3-8-20-22/h1-12H,13H2,(H,21,23). The van der Waals surface area contributed by atoms with Crippen molar-refractivity contribution in [3.8, 4) is 0 Å². The summed E-state index contributed by atoms with van der Waals surface area (Å²) in [7, 11) is 0. The maximum absolute atomic E-state index is 12.1. The first-order valence-corrected chi connectivity index (χ1v) is 7.12. The Morgan fingerprint density at radius 1 is 1.17 bits per heavy atom. The molecule has 0 fully saturated rings. The van der Waals surface area contributed by atoms with E-state index in [-0.39, 0.29) is 5.91 Å². The van der Waals surface area contributed by atoms with Crippen LogP contribution in [0.4, 0.5) is 5.69 Å². The number of carbonyl (C=O) groups excluding carboxylic acids is 1. The van der Waals surface area contributed by atoms with Gasteiger partial charge in [-0.15, -0.1) is 0 Å². The first-order valence-electron chi connectivity index (χ1n) is 7.12. The fourth-order valence-corrected chi connectivity index (χ4v) is 2.08. The Balaban J connectivity index is 1.70. The molecule has 1 aromatic carbocycles. The van der Waals surface area contributed by atoms with Gasteiger partial charge in [0.2, 0.25) is 5.91 Å². The van der Waals surface area contributed by atoms with Gasteiger partial charge in [0.05, 0.1) is 18.4 Å². The molecular formula is C17H15N5O. The first-order chi connectivity index (χ1) is 11.3. The molecule has 0 atom stereocenters. The SMILES string of the molecule is O=C(C=Cc1cnccn1)Nc1ccccc1Cn1cccn1. The Morgan fingerprint density at radius 3 is 2.87 bits per heavy atom. The zero-order valence-corrected chi connectivity index (χ0v) is 12.3. The smallest absolute Gasteiger partial charge is 0.248 e. The molecule has 0 aliphatic heterocycles. The minimum atomic E-state index is -0.219. The molecule has 2 heterocycles. The molecular weight excluding hydrogens is 290 g/mol. The highest BCUT2D eigenvalue weighted by molar-refractivity contribution is 6.02. The highest BCUT2D eigenvalue weighted by atomic mass is 16.1. The van der Waals surface area contributed by atoms with Crippen LogP contribution in [0.1, 0.15) is 11.3 Å². The van der Waals surface area contributed by atoms with Crippen molar-refractivity contribution < 1.29 is 4.79 Å². The number of hydrogen-bond donors (Lipinski definition) is 1. The monoisotopic (exact) mass is 305 g/mol. The minimum Gasteiger partial charge on any atom is -0.322 e. The van der Waals surface area contributed by atoms with Gasteiger partial charge in [-0.2, -0.15) is 5.10 Å². The van der Waals surface area contributed by atoms with Gasteiger partial charge in [-0.25, -0.2) is 0 Å². The van der Waals surface area contributed by atoms with Crippen molar-refractivity contribution >= 4 is 17.7 Å². The summed E-state index contributed by atoms with van der Waals surface area (Å²) in [5, 5.41) is 7.06. The summed E-state index contributed by atoms with van der Waals surface area (Å²) in [5.41, 5.74) is 2.38. The number of amides is 1. The highest BCUT2D eigenvalue weighted by Gasteiger charge is 2.05. The normalized spacial score (nSPS) is 10.8. The van der Waals surface area contributed by atoms with Crippen LogP contribution in [-0.2, 0) is 11.3 Å². The average Bonchev–Trinajstić information content (AvgIpc) is 3.09. The third-order valence-electron chi connectivity index (χ3n) is 3.16. The van der Waals surface area contributed by atoms with Gasteiger partial charge in [0.15, 0.2) is 0 Å². The van der Waals surface area contributed by atoms with E-state index >= 15 is 0 Å². The molecule has 6 nitrogen and oxygen atoms in total. The maximum Gasteiger partial charge on any atom is 0.248 e. The maximum atomic E-state index is 12.1. The third-order valence-corrected chi connectivity index (χ3v) is 3.16. The predicted octanol–water partition coefficient (Wildman–Crippen LogP) is 2.37. The molecule has 0 saturated heterocycles. The van der Waals surface area contributed by atoms with Crippen molar-refractivity contribution in [2.75, 3.05) is 5.32 Å². The van der Waals surface area contributed by atoms with Crippen molar-refractivity contribution in [2.24, 2.45) is 0 Å². The number of anilines is 1. The van der Waals surface area contributed by atoms with E-state index in [9.17, 15) is 4.79 Å². The molecule has 6 heteroatoms. The van der Waals surface area contributed by atoms with E-state index in [0.717, 1.165) is 11.3 Å². The van der Waals surface area contributed by atoms with Gasteiger partial charge in [-0.1, -0.05) is 18.2 Å². The second kappa shape index (κ2) is 7.13. The molecule has 0 aliphatic carbocycles. The second-order valence-electron chi connectivity index (χ2n) is 4.81. The molecule has 1 amide bonds. The summed E-state index contributed by atoms with van der Waals surface area (Å²) in [5.74, 6) is -0.219. The predicted molar refractivity (Wildman–Crippen MR) is 87.5 cm³/mol. The summed E-state index contributed by atoms with van der Waals surface area (Å²) in [6.07, 6.45) is 11.4. The minimum absolute atomic E-state index is 0.219. The second-order valence-corrected chi connectivity index (χ2v) is 4.81. The molecule has 0 unspecified atom stereocenters. The topological polar surface area (TPSA) is 72.7 Å². The lowest BCUT2D eigenvalue weighted by molar-refractivity contribution is -0.111. The van der Waals surface area contributed by atoms with Crippen LogP contribution in [-0.4, -0.2) is 25.7 Å². The average molecular weight is 305 g/mol. The van der Waals surface area contributed by atoms with Crippen LogP contribution in [0.15, 0.2) is 67.4 Å². The molecule has 114 valence electrons. The summed E-state index contributed by atoms with van der Waals surface area (Å²) in [6, 6.07) is 9.51. The number of rotatable bonds is 5. The Kier molecular flexibility index (Phi) is 4.54. The Hall–Kier alpha value is -3.28. The lowest BCUT2D eigenvalue weighted by atomic mass is 10.1. The van der Waals surface area contributed by atoms with E-state index in [4.69, 9.17) is 0 Å². The zero-order chi connectivity index (χ0) is 15.9. The van der Waals surface area contributed by atoms with Crippen molar-refractivity contribution in [3.05, 3.63) is 78.6 Å². The summed E-state index contributed by atoms with van der Waals surface area (Å²) >= 11 is 0. The number of carbonyl (C=O) groups is 1. The molecule has 23 heavy (non-hydrogen) atoms. The van der Waals surface area contributed by atoms with Gasteiger partial charge >= 0.3 is 0 Å². The fourth-order valence-electron chi connectivity index (χ4n) is 2.08. The van der Waals surface area contributed by atoms with Gasteiger partial charge in [-0.3, -0.25) is 19.4 Å². The van der Waals surface area contributed by atoms with Crippen LogP contribution in [0.3, 0.4) is 0 Å². The van der Waals surface area contributed by atoms with E-state index in [2.05, 4.69) is 20.4 Å². The van der Waals surface area contributed by atoms with Gasteiger partial charge < -0.3 is 5.32 Å². The molecule has 0 bridgehead atoms. The molecule has 3 rings (SSSR count). The van der Waals surface area contributed by atoms with Crippen LogP contribution < -0.4 is 5.32 Å². The van der Waals surface area contributed by atoms with Gasteiger partial charge in [-0.05, 0) is 23.8 Å². The van der Waals surface area contributed by atoms with Crippen LogP contribution in [0.5, 0.6) is 0 Å². The van der Waals surface area contributed by atoms with E-state index in [0.29, 0.717) is 12.2 Å². The van der Waals surface area contributed by atoms with Crippen molar-refractivity contribution in [2.45, 2.75) is 6.54 Å². The number of benzene rings is 1. The summed E-state index contributed by atoms with van der Waals surface area (Å²) < 4.78 is 1.81. The highest BCUT2D eigenvalue weighted by Crippen LogP contribution is 2.16. The molecule has 0 saturated carbocycles. The molecule has 1 N–H and O–H groups in total. The Bertz CT molecular complexity index is 797. The quantitative estimate of drug-likeness (QED) is 0.735. The first kappa shape index (κ1) is 14.6. The summed E-state index contributed by atoms with van der Waals surface area (Å²) in [4.78, 5) is 20.1. The third kappa shape index (κ3) is 4.10. The summed E-state index contributed by atoms with van der Waals surface area (Å²) in [6.45, 7) is 0.595. The van der Waals surface area contributed by atoms with Crippen LogP contribution >= 0.6 is 0 Å². The largest absolute Gasteiger partial charge is 0.322 e. The Labute approximate surface area is 133 Å². The van der Waals surface area contributed by atoms with E-state index < -0.39 is 0 Å². The number of hydrogen-bond acceptors (Lipinski definition) is 4. The Morgan fingerprint density at radius 2 is 2.09 bits per heavy atom. The van der Waals surface area contributed by atoms with Crippen LogP contribution in [0.2, 0.25) is 0 Å². The van der Waals surface area contributed by atoms with E-state index in [1.807, 2.05) is 36.5 Å². The molecule has 3 aromatic rings. The van der Waals surface area contributed by atoms with Gasteiger partial charge in [0, 0.05) is 36.6 Å².